The minimum Gasteiger partial charge on any atom is -0.356 e. The van der Waals surface area contributed by atoms with Crippen molar-refractivity contribution in [3.05, 3.63) is 12.4 Å². The van der Waals surface area contributed by atoms with Crippen molar-refractivity contribution >= 4 is 11.6 Å². The Morgan fingerprint density at radius 1 is 1.15 bits per heavy atom. The van der Waals surface area contributed by atoms with Crippen molar-refractivity contribution in [3.8, 4) is 0 Å². The van der Waals surface area contributed by atoms with E-state index in [1.165, 1.54) is 12.8 Å². The van der Waals surface area contributed by atoms with Crippen LogP contribution in [0.1, 0.15) is 46.5 Å². The van der Waals surface area contributed by atoms with Gasteiger partial charge in [-0.1, -0.05) is 20.8 Å². The third-order valence-electron chi connectivity index (χ3n) is 4.06. The Bertz CT molecular complexity index is 393. The van der Waals surface area contributed by atoms with E-state index >= 15 is 0 Å². The number of hydrogen-bond donors (Lipinski definition) is 0. The first-order chi connectivity index (χ1) is 9.74. The van der Waals surface area contributed by atoms with Crippen LogP contribution >= 0.6 is 0 Å². The number of piperidine rings is 1. The lowest BCUT2D eigenvalue weighted by atomic mass is 9.99. The van der Waals surface area contributed by atoms with Crippen LogP contribution in [0.2, 0.25) is 0 Å². The first-order valence-corrected chi connectivity index (χ1v) is 8.06. The van der Waals surface area contributed by atoms with Crippen molar-refractivity contribution in [2.45, 2.75) is 46.5 Å². The summed E-state index contributed by atoms with van der Waals surface area (Å²) in [4.78, 5) is 13.7. The quantitative estimate of drug-likeness (QED) is 0.797. The molecule has 0 atom stereocenters. The molecule has 0 N–H and O–H groups in total. The van der Waals surface area contributed by atoms with E-state index in [0.29, 0.717) is 0 Å². The number of aromatic nitrogens is 2. The molecule has 2 rings (SSSR count). The predicted molar refractivity (Wildman–Crippen MR) is 85.4 cm³/mol. The summed E-state index contributed by atoms with van der Waals surface area (Å²) >= 11 is 0. The second kappa shape index (κ2) is 7.46. The second-order valence-corrected chi connectivity index (χ2v) is 5.89. The predicted octanol–water partition coefficient (Wildman–Crippen LogP) is 3.34. The average molecular weight is 276 g/mol. The molecule has 1 aromatic rings. The lowest BCUT2D eigenvalue weighted by Gasteiger charge is -2.32. The van der Waals surface area contributed by atoms with E-state index in [4.69, 9.17) is 0 Å². The van der Waals surface area contributed by atoms with Gasteiger partial charge in [0.2, 0.25) is 0 Å². The largest absolute Gasteiger partial charge is 0.356 e. The topological polar surface area (TPSA) is 32.3 Å². The molecular formula is C16H28N4. The van der Waals surface area contributed by atoms with Crippen LogP contribution in [0, 0.1) is 5.92 Å². The van der Waals surface area contributed by atoms with Crippen LogP contribution < -0.4 is 9.80 Å². The number of rotatable bonds is 6. The molecule has 0 aliphatic carbocycles. The Kier molecular flexibility index (Phi) is 5.62. The van der Waals surface area contributed by atoms with Crippen molar-refractivity contribution in [1.82, 2.24) is 9.97 Å². The maximum Gasteiger partial charge on any atom is 0.134 e. The maximum absolute atomic E-state index is 4.48. The van der Waals surface area contributed by atoms with Gasteiger partial charge in [0.05, 0.1) is 0 Å². The second-order valence-electron chi connectivity index (χ2n) is 5.89. The molecule has 4 heteroatoms. The van der Waals surface area contributed by atoms with Crippen LogP contribution in [0.5, 0.6) is 0 Å². The highest BCUT2D eigenvalue weighted by atomic mass is 15.2. The van der Waals surface area contributed by atoms with Gasteiger partial charge in [-0.2, -0.15) is 0 Å². The molecule has 4 nitrogen and oxygen atoms in total. The van der Waals surface area contributed by atoms with Gasteiger partial charge in [-0.3, -0.25) is 0 Å². The summed E-state index contributed by atoms with van der Waals surface area (Å²) in [5.74, 6) is 3.03. The van der Waals surface area contributed by atoms with Gasteiger partial charge in [-0.15, -0.1) is 0 Å². The average Bonchev–Trinajstić information content (AvgIpc) is 2.48. The van der Waals surface area contributed by atoms with Crippen molar-refractivity contribution in [2.24, 2.45) is 5.92 Å². The van der Waals surface area contributed by atoms with Crippen LogP contribution in [-0.4, -0.2) is 36.1 Å². The van der Waals surface area contributed by atoms with Gasteiger partial charge in [0.25, 0.3) is 0 Å². The highest BCUT2D eigenvalue weighted by molar-refractivity contribution is 5.50. The molecule has 0 saturated carbocycles. The number of nitrogens with zero attached hydrogens (tertiary/aromatic N) is 4. The van der Waals surface area contributed by atoms with E-state index in [2.05, 4.69) is 46.6 Å². The third kappa shape index (κ3) is 3.84. The van der Waals surface area contributed by atoms with Gasteiger partial charge in [0.1, 0.15) is 18.0 Å². The van der Waals surface area contributed by atoms with Crippen LogP contribution in [-0.2, 0) is 0 Å². The van der Waals surface area contributed by atoms with Crippen molar-refractivity contribution in [3.63, 3.8) is 0 Å². The van der Waals surface area contributed by atoms with E-state index in [0.717, 1.165) is 56.6 Å². The van der Waals surface area contributed by atoms with Crippen LogP contribution in [0.3, 0.4) is 0 Å². The SMILES string of the molecule is CCCN(CCC)c1cc(N2CCC(C)CC2)ncn1. The number of anilines is 2. The van der Waals surface area contributed by atoms with E-state index in [-0.39, 0.29) is 0 Å². The molecule has 0 unspecified atom stereocenters. The third-order valence-corrected chi connectivity index (χ3v) is 4.06. The minimum absolute atomic E-state index is 0.851. The molecule has 0 spiro atoms. The Hall–Kier alpha value is -1.32. The lowest BCUT2D eigenvalue weighted by molar-refractivity contribution is 0.436. The fourth-order valence-electron chi connectivity index (χ4n) is 2.80. The van der Waals surface area contributed by atoms with E-state index < -0.39 is 0 Å². The molecule has 0 aromatic carbocycles. The fourth-order valence-corrected chi connectivity index (χ4v) is 2.80. The van der Waals surface area contributed by atoms with E-state index in [9.17, 15) is 0 Å². The molecular weight excluding hydrogens is 248 g/mol. The number of hydrogen-bond acceptors (Lipinski definition) is 4. The monoisotopic (exact) mass is 276 g/mol. The molecule has 1 saturated heterocycles. The summed E-state index contributed by atoms with van der Waals surface area (Å²) in [5.41, 5.74) is 0. The zero-order valence-corrected chi connectivity index (χ0v) is 13.2. The first-order valence-electron chi connectivity index (χ1n) is 8.06. The molecule has 1 aliphatic heterocycles. The normalized spacial score (nSPS) is 16.4. The fraction of sp³-hybridized carbons (Fsp3) is 0.750. The highest BCUT2D eigenvalue weighted by Gasteiger charge is 2.18. The Balaban J connectivity index is 2.09. The minimum atomic E-state index is 0.851. The summed E-state index contributed by atoms with van der Waals surface area (Å²) in [7, 11) is 0. The Labute approximate surface area is 123 Å². The van der Waals surface area contributed by atoms with Crippen molar-refractivity contribution < 1.29 is 0 Å². The van der Waals surface area contributed by atoms with Gasteiger partial charge < -0.3 is 9.80 Å². The molecule has 0 radical (unpaired) electrons. The summed E-state index contributed by atoms with van der Waals surface area (Å²) in [6, 6.07) is 2.17. The van der Waals surface area contributed by atoms with Crippen molar-refractivity contribution in [2.75, 3.05) is 36.0 Å². The Morgan fingerprint density at radius 2 is 1.80 bits per heavy atom. The van der Waals surface area contributed by atoms with E-state index in [1.807, 2.05) is 0 Å². The zero-order valence-electron chi connectivity index (χ0n) is 13.2. The molecule has 1 aliphatic rings. The molecule has 1 fully saturated rings. The molecule has 20 heavy (non-hydrogen) atoms. The maximum atomic E-state index is 4.48. The van der Waals surface area contributed by atoms with Crippen LogP contribution in [0.4, 0.5) is 11.6 Å². The van der Waals surface area contributed by atoms with Crippen LogP contribution in [0.25, 0.3) is 0 Å². The molecule has 0 amide bonds. The summed E-state index contributed by atoms with van der Waals surface area (Å²) in [6.45, 7) is 11.2. The molecule has 0 bridgehead atoms. The highest BCUT2D eigenvalue weighted by Crippen LogP contribution is 2.23. The zero-order chi connectivity index (χ0) is 14.4. The Morgan fingerprint density at radius 3 is 2.40 bits per heavy atom. The van der Waals surface area contributed by atoms with Crippen molar-refractivity contribution in [1.29, 1.82) is 0 Å². The van der Waals surface area contributed by atoms with Gasteiger partial charge in [0.15, 0.2) is 0 Å². The summed E-state index contributed by atoms with van der Waals surface area (Å²) in [5, 5.41) is 0. The van der Waals surface area contributed by atoms with Gasteiger partial charge in [-0.25, -0.2) is 9.97 Å². The smallest absolute Gasteiger partial charge is 0.134 e. The lowest BCUT2D eigenvalue weighted by Crippen LogP contribution is -2.34. The summed E-state index contributed by atoms with van der Waals surface area (Å²) in [6.07, 6.45) is 6.57. The molecule has 2 heterocycles. The molecule has 112 valence electrons. The van der Waals surface area contributed by atoms with Crippen LogP contribution in [0.15, 0.2) is 12.4 Å². The molecule has 1 aromatic heterocycles. The summed E-state index contributed by atoms with van der Waals surface area (Å²) < 4.78 is 0. The van der Waals surface area contributed by atoms with Gasteiger partial charge in [-0.05, 0) is 31.6 Å². The van der Waals surface area contributed by atoms with Gasteiger partial charge >= 0.3 is 0 Å². The van der Waals surface area contributed by atoms with E-state index in [1.54, 1.807) is 6.33 Å². The van der Waals surface area contributed by atoms with Gasteiger partial charge in [0, 0.05) is 32.2 Å². The first kappa shape index (κ1) is 15.1. The standard InChI is InChI=1S/C16H28N4/c1-4-8-19(9-5-2)15-12-16(18-13-17-15)20-10-6-14(3)7-11-20/h12-14H,4-11H2,1-3H3.